The number of hydrogen-bond acceptors (Lipinski definition) is 2. The van der Waals surface area contributed by atoms with E-state index in [9.17, 15) is 0 Å². The van der Waals surface area contributed by atoms with Crippen LogP contribution >= 0.6 is 19.3 Å². The average molecular weight is 238 g/mol. The lowest BCUT2D eigenvalue weighted by Crippen LogP contribution is -2.08. The summed E-state index contributed by atoms with van der Waals surface area (Å²) in [7, 11) is 2.24. The number of allylic oxidation sites excluding steroid dienone is 1. The molecule has 0 saturated heterocycles. The summed E-state index contributed by atoms with van der Waals surface area (Å²) in [5, 5.41) is 0. The molecule has 0 aromatic rings. The second-order valence-electron chi connectivity index (χ2n) is 3.02. The summed E-state index contributed by atoms with van der Waals surface area (Å²) in [5.41, 5.74) is 1.31. The highest BCUT2D eigenvalue weighted by Crippen LogP contribution is 2.30. The molecule has 0 spiro atoms. The monoisotopic (exact) mass is 237 g/mol. The zero-order valence-corrected chi connectivity index (χ0v) is 10.1. The quantitative estimate of drug-likeness (QED) is 0.423. The van der Waals surface area contributed by atoms with E-state index in [1.165, 1.54) is 29.0 Å². The lowest BCUT2D eigenvalue weighted by atomic mass is 9.95. The fourth-order valence-corrected chi connectivity index (χ4v) is 2.29. The molecule has 74 valence electrons. The number of methoxy groups -OCH3 is 1. The van der Waals surface area contributed by atoms with Gasteiger partial charge in [-0.3, -0.25) is 0 Å². The lowest BCUT2D eigenvalue weighted by Gasteiger charge is -2.20. The SMILES string of the molecule is COC(=C1CCCCC1)N(Cl)P=S. The molecule has 1 fully saturated rings. The van der Waals surface area contributed by atoms with Crippen LogP contribution in [0.3, 0.4) is 0 Å². The van der Waals surface area contributed by atoms with Gasteiger partial charge in [-0.2, -0.15) is 4.19 Å². The van der Waals surface area contributed by atoms with E-state index in [4.69, 9.17) is 28.3 Å². The van der Waals surface area contributed by atoms with Gasteiger partial charge in [0.2, 0.25) is 5.88 Å². The van der Waals surface area contributed by atoms with E-state index in [1.807, 2.05) is 0 Å². The molecular weight excluding hydrogens is 225 g/mol. The zero-order valence-electron chi connectivity index (χ0n) is 7.62. The Morgan fingerprint density at radius 1 is 1.46 bits per heavy atom. The van der Waals surface area contributed by atoms with Crippen molar-refractivity contribution in [1.82, 2.24) is 4.19 Å². The van der Waals surface area contributed by atoms with Gasteiger partial charge in [0.1, 0.15) is 7.51 Å². The van der Waals surface area contributed by atoms with Crippen molar-refractivity contribution < 1.29 is 4.74 Å². The van der Waals surface area contributed by atoms with Crippen LogP contribution in [-0.2, 0) is 16.5 Å². The minimum atomic E-state index is 0.596. The van der Waals surface area contributed by atoms with Gasteiger partial charge in [0.25, 0.3) is 0 Å². The Kier molecular flexibility index (Phi) is 5.00. The van der Waals surface area contributed by atoms with Gasteiger partial charge in [-0.1, -0.05) is 6.42 Å². The Hall–Kier alpha value is 0.150. The van der Waals surface area contributed by atoms with Crippen LogP contribution in [-0.4, -0.2) is 11.3 Å². The second kappa shape index (κ2) is 5.79. The molecular formula is C8H13ClNOPS. The van der Waals surface area contributed by atoms with Crippen LogP contribution in [0.1, 0.15) is 32.1 Å². The molecule has 0 atom stereocenters. The van der Waals surface area contributed by atoms with E-state index in [0.717, 1.165) is 18.7 Å². The van der Waals surface area contributed by atoms with Gasteiger partial charge < -0.3 is 4.74 Å². The molecule has 0 aromatic heterocycles. The van der Waals surface area contributed by atoms with Crippen molar-refractivity contribution in [3.05, 3.63) is 11.5 Å². The van der Waals surface area contributed by atoms with E-state index in [-0.39, 0.29) is 0 Å². The first-order chi connectivity index (χ1) is 6.29. The molecule has 0 aliphatic heterocycles. The van der Waals surface area contributed by atoms with Gasteiger partial charge in [-0.15, -0.1) is 0 Å². The van der Waals surface area contributed by atoms with Crippen molar-refractivity contribution in [3.8, 4) is 0 Å². The predicted molar refractivity (Wildman–Crippen MR) is 59.1 cm³/mol. The molecule has 1 saturated carbocycles. The fraction of sp³-hybridized carbons (Fsp3) is 0.750. The van der Waals surface area contributed by atoms with Crippen molar-refractivity contribution in [1.29, 1.82) is 0 Å². The third-order valence-electron chi connectivity index (χ3n) is 2.19. The smallest absolute Gasteiger partial charge is 0.211 e. The molecule has 1 aliphatic carbocycles. The highest BCUT2D eigenvalue weighted by atomic mass is 35.5. The highest BCUT2D eigenvalue weighted by Gasteiger charge is 2.15. The largest absolute Gasteiger partial charge is 0.481 e. The van der Waals surface area contributed by atoms with Crippen molar-refractivity contribution in [3.63, 3.8) is 0 Å². The number of rotatable bonds is 3. The van der Waals surface area contributed by atoms with E-state index in [1.54, 1.807) is 7.11 Å². The van der Waals surface area contributed by atoms with Crippen LogP contribution < -0.4 is 0 Å². The molecule has 1 rings (SSSR count). The molecule has 0 amide bonds. The minimum absolute atomic E-state index is 0.596. The van der Waals surface area contributed by atoms with Crippen molar-refractivity contribution in [2.45, 2.75) is 32.1 Å². The van der Waals surface area contributed by atoms with Crippen LogP contribution in [0.25, 0.3) is 0 Å². The maximum Gasteiger partial charge on any atom is 0.211 e. The molecule has 0 heterocycles. The summed E-state index contributed by atoms with van der Waals surface area (Å²) < 4.78 is 6.70. The standard InChI is InChI=1S/C8H13ClNOPS/c1-11-8(10(9)12-13)7-5-3-2-4-6-7/h2-6H2,1H3. The summed E-state index contributed by atoms with van der Waals surface area (Å²) in [6.07, 6.45) is 5.98. The van der Waals surface area contributed by atoms with Crippen molar-refractivity contribution in [2.75, 3.05) is 7.11 Å². The maximum atomic E-state index is 5.90. The van der Waals surface area contributed by atoms with Crippen LogP contribution in [0.15, 0.2) is 11.5 Å². The highest BCUT2D eigenvalue weighted by molar-refractivity contribution is 7.95. The number of ether oxygens (including phenoxy) is 1. The Bertz CT molecular complexity index is 214. The summed E-state index contributed by atoms with van der Waals surface area (Å²) in [6.45, 7) is 0. The maximum absolute atomic E-state index is 5.90. The third-order valence-corrected chi connectivity index (χ3v) is 3.66. The van der Waals surface area contributed by atoms with Crippen LogP contribution in [0.5, 0.6) is 0 Å². The molecule has 0 bridgehead atoms. The number of nitrogens with zero attached hydrogens (tertiary/aromatic N) is 1. The zero-order chi connectivity index (χ0) is 9.68. The van der Waals surface area contributed by atoms with E-state index >= 15 is 0 Å². The molecule has 0 radical (unpaired) electrons. The summed E-state index contributed by atoms with van der Waals surface area (Å²) >= 11 is 10.7. The minimum Gasteiger partial charge on any atom is -0.481 e. The summed E-state index contributed by atoms with van der Waals surface area (Å²) in [5.74, 6) is 0.762. The molecule has 0 aromatic carbocycles. The Balaban J connectivity index is 2.75. The van der Waals surface area contributed by atoms with Crippen LogP contribution in [0, 0.1) is 0 Å². The van der Waals surface area contributed by atoms with Crippen LogP contribution in [0.4, 0.5) is 0 Å². The Labute approximate surface area is 90.9 Å². The number of hydrogen-bond donors (Lipinski definition) is 0. The molecule has 2 nitrogen and oxygen atoms in total. The van der Waals surface area contributed by atoms with Gasteiger partial charge in [0, 0.05) is 11.8 Å². The first kappa shape index (κ1) is 11.2. The summed E-state index contributed by atoms with van der Waals surface area (Å²) in [6, 6.07) is 0. The van der Waals surface area contributed by atoms with Gasteiger partial charge >= 0.3 is 0 Å². The van der Waals surface area contributed by atoms with E-state index in [0.29, 0.717) is 7.51 Å². The van der Waals surface area contributed by atoms with Crippen LogP contribution in [0.2, 0.25) is 0 Å². The first-order valence-corrected chi connectivity index (χ1v) is 6.54. The van der Waals surface area contributed by atoms with Gasteiger partial charge in [-0.05, 0) is 43.1 Å². The van der Waals surface area contributed by atoms with Gasteiger partial charge in [0.05, 0.1) is 7.11 Å². The Morgan fingerprint density at radius 3 is 2.54 bits per heavy atom. The lowest BCUT2D eigenvalue weighted by molar-refractivity contribution is 0.240. The van der Waals surface area contributed by atoms with Gasteiger partial charge in [0.15, 0.2) is 0 Å². The second-order valence-corrected chi connectivity index (χ2v) is 4.64. The van der Waals surface area contributed by atoms with Crippen molar-refractivity contribution in [2.24, 2.45) is 0 Å². The molecule has 13 heavy (non-hydrogen) atoms. The molecule has 0 unspecified atom stereocenters. The van der Waals surface area contributed by atoms with E-state index < -0.39 is 0 Å². The molecule has 0 N–H and O–H groups in total. The summed E-state index contributed by atoms with van der Waals surface area (Å²) in [4.78, 5) is 0. The third kappa shape index (κ3) is 3.08. The molecule has 5 heteroatoms. The van der Waals surface area contributed by atoms with E-state index in [2.05, 4.69) is 0 Å². The Morgan fingerprint density at radius 2 is 2.08 bits per heavy atom. The average Bonchev–Trinajstić information content (AvgIpc) is 2.20. The van der Waals surface area contributed by atoms with Crippen molar-refractivity contribution >= 4 is 31.1 Å². The first-order valence-electron chi connectivity index (χ1n) is 4.34. The molecule has 1 aliphatic rings. The topological polar surface area (TPSA) is 12.5 Å². The predicted octanol–water partition coefficient (Wildman–Crippen LogP) is 3.59. The fourth-order valence-electron chi connectivity index (χ4n) is 1.58. The normalized spacial score (nSPS) is 17.2. The van der Waals surface area contributed by atoms with Gasteiger partial charge in [-0.25, -0.2) is 0 Å². The number of halogens is 1.